The van der Waals surface area contributed by atoms with Gasteiger partial charge in [-0.25, -0.2) is 0 Å². The van der Waals surface area contributed by atoms with E-state index < -0.39 is 18.4 Å². The van der Waals surface area contributed by atoms with Crippen molar-refractivity contribution in [3.05, 3.63) is 22.6 Å². The lowest BCUT2D eigenvalue weighted by Gasteiger charge is -2.14. The van der Waals surface area contributed by atoms with E-state index in [1.807, 2.05) is 0 Å². The number of nitrogen functional groups attached to an aromatic ring is 1. The molecule has 1 saturated heterocycles. The molecule has 0 aliphatic carbocycles. The molecule has 8 heteroatoms. The number of nitrogens with zero attached hydrogens (tertiary/aromatic N) is 2. The van der Waals surface area contributed by atoms with Crippen LogP contribution in [-0.2, 0) is 4.74 Å². The van der Waals surface area contributed by atoms with Crippen LogP contribution < -0.4 is 11.3 Å². The monoisotopic (exact) mass is 266 g/mol. The number of aliphatic hydroxyl groups excluding tert-OH is 2. The van der Waals surface area contributed by atoms with Crippen molar-refractivity contribution in [2.45, 2.75) is 24.9 Å². The number of anilines is 1. The van der Waals surface area contributed by atoms with E-state index in [0.717, 1.165) is 0 Å². The Morgan fingerprint density at radius 2 is 2.42 bits per heavy atom. The number of nitrogens with one attached hydrogen (secondary N) is 1. The minimum Gasteiger partial charge on any atom is -0.394 e. The van der Waals surface area contributed by atoms with Gasteiger partial charge < -0.3 is 25.3 Å². The summed E-state index contributed by atoms with van der Waals surface area (Å²) >= 11 is 0. The van der Waals surface area contributed by atoms with Gasteiger partial charge in [0.15, 0.2) is 5.65 Å². The second-order valence-electron chi connectivity index (χ2n) is 4.53. The molecule has 2 aromatic rings. The summed E-state index contributed by atoms with van der Waals surface area (Å²) in [4.78, 5) is 18.2. The smallest absolute Gasteiger partial charge is 0.261 e. The van der Waals surface area contributed by atoms with Crippen LogP contribution in [0.5, 0.6) is 0 Å². The molecule has 3 rings (SSSR count). The van der Waals surface area contributed by atoms with Gasteiger partial charge >= 0.3 is 0 Å². The predicted molar refractivity (Wildman–Crippen MR) is 66.4 cm³/mol. The standard InChI is InChI=1S/C11H14N4O4/c12-11-13-9-5(10(18)14-11)1-2-15(9)8-3-6(17)7(4-16)19-8/h1-2,6-8,16-17H,3-4H2,(H3,12,13,14,18)/t6-,7+,8+/m0/s1. The molecule has 3 atom stereocenters. The number of H-pyrrole nitrogens is 1. The number of rotatable bonds is 2. The van der Waals surface area contributed by atoms with Crippen LogP contribution in [-0.4, -0.2) is 43.6 Å². The highest BCUT2D eigenvalue weighted by Gasteiger charge is 2.35. The molecule has 5 N–H and O–H groups in total. The first kappa shape index (κ1) is 12.2. The molecule has 3 heterocycles. The summed E-state index contributed by atoms with van der Waals surface area (Å²) < 4.78 is 7.16. The zero-order valence-corrected chi connectivity index (χ0v) is 9.98. The Morgan fingerprint density at radius 3 is 3.11 bits per heavy atom. The summed E-state index contributed by atoms with van der Waals surface area (Å²) in [7, 11) is 0. The van der Waals surface area contributed by atoms with Gasteiger partial charge in [0.1, 0.15) is 12.3 Å². The third-order valence-electron chi connectivity index (χ3n) is 3.29. The molecular weight excluding hydrogens is 252 g/mol. The number of aliphatic hydroxyl groups is 2. The molecule has 1 fully saturated rings. The Hall–Kier alpha value is -1.90. The highest BCUT2D eigenvalue weighted by molar-refractivity contribution is 5.76. The largest absolute Gasteiger partial charge is 0.394 e. The van der Waals surface area contributed by atoms with Crippen molar-refractivity contribution in [3.8, 4) is 0 Å². The molecule has 0 amide bonds. The van der Waals surface area contributed by atoms with Gasteiger partial charge in [-0.15, -0.1) is 0 Å². The average Bonchev–Trinajstić information content (AvgIpc) is 2.92. The van der Waals surface area contributed by atoms with E-state index in [9.17, 15) is 9.90 Å². The summed E-state index contributed by atoms with van der Waals surface area (Å²) in [6.07, 6.45) is 0.138. The second kappa shape index (κ2) is 4.34. The Labute approximate surface area is 107 Å². The van der Waals surface area contributed by atoms with Crippen molar-refractivity contribution >= 4 is 17.0 Å². The summed E-state index contributed by atoms with van der Waals surface area (Å²) in [5.41, 5.74) is 5.60. The third kappa shape index (κ3) is 1.89. The predicted octanol–water partition coefficient (Wildman–Crippen LogP) is -1.05. The van der Waals surface area contributed by atoms with Gasteiger partial charge in [-0.1, -0.05) is 0 Å². The van der Waals surface area contributed by atoms with Gasteiger partial charge in [-0.2, -0.15) is 4.98 Å². The van der Waals surface area contributed by atoms with E-state index in [1.54, 1.807) is 16.8 Å². The number of hydrogen-bond donors (Lipinski definition) is 4. The molecule has 0 aromatic carbocycles. The maximum atomic E-state index is 11.7. The molecular formula is C11H14N4O4. The molecule has 102 valence electrons. The van der Waals surface area contributed by atoms with Crippen LogP contribution in [0.2, 0.25) is 0 Å². The highest BCUT2D eigenvalue weighted by Crippen LogP contribution is 2.30. The van der Waals surface area contributed by atoms with Crippen LogP contribution in [0.25, 0.3) is 11.0 Å². The van der Waals surface area contributed by atoms with Gasteiger partial charge in [0.05, 0.1) is 18.1 Å². The SMILES string of the molecule is Nc1nc2c(ccn2[C@H]2C[C@H](O)[C@@H](CO)O2)c(=O)[nH]1. The maximum absolute atomic E-state index is 11.7. The minimum atomic E-state index is -0.744. The van der Waals surface area contributed by atoms with Crippen molar-refractivity contribution in [2.75, 3.05) is 12.3 Å². The zero-order valence-electron chi connectivity index (χ0n) is 9.98. The van der Waals surface area contributed by atoms with E-state index in [-0.39, 0.29) is 18.1 Å². The zero-order chi connectivity index (χ0) is 13.6. The van der Waals surface area contributed by atoms with Crippen LogP contribution in [0.4, 0.5) is 5.95 Å². The topological polar surface area (TPSA) is 126 Å². The number of ether oxygens (including phenoxy) is 1. The number of fused-ring (bicyclic) bond motifs is 1. The van der Waals surface area contributed by atoms with Crippen molar-refractivity contribution < 1.29 is 14.9 Å². The van der Waals surface area contributed by atoms with E-state index in [4.69, 9.17) is 15.6 Å². The molecule has 0 unspecified atom stereocenters. The molecule has 0 saturated carbocycles. The van der Waals surface area contributed by atoms with E-state index >= 15 is 0 Å². The first-order chi connectivity index (χ1) is 9.10. The summed E-state index contributed by atoms with van der Waals surface area (Å²) in [6, 6.07) is 1.61. The number of hydrogen-bond acceptors (Lipinski definition) is 6. The molecule has 19 heavy (non-hydrogen) atoms. The van der Waals surface area contributed by atoms with E-state index in [0.29, 0.717) is 17.5 Å². The lowest BCUT2D eigenvalue weighted by Crippen LogP contribution is -2.24. The molecule has 1 aliphatic rings. The number of aromatic amines is 1. The number of aromatic nitrogens is 3. The number of nitrogens with two attached hydrogens (primary N) is 1. The Morgan fingerprint density at radius 1 is 1.63 bits per heavy atom. The molecule has 0 radical (unpaired) electrons. The normalized spacial score (nSPS) is 27.2. The van der Waals surface area contributed by atoms with Crippen molar-refractivity contribution in [1.29, 1.82) is 0 Å². The fourth-order valence-corrected chi connectivity index (χ4v) is 2.34. The fraction of sp³-hybridized carbons (Fsp3) is 0.455. The Balaban J connectivity index is 2.05. The van der Waals surface area contributed by atoms with Crippen LogP contribution >= 0.6 is 0 Å². The van der Waals surface area contributed by atoms with E-state index in [1.165, 1.54) is 0 Å². The summed E-state index contributed by atoms with van der Waals surface area (Å²) in [6.45, 7) is -0.257. The Bertz CT molecular complexity index is 664. The lowest BCUT2D eigenvalue weighted by molar-refractivity contribution is -0.0430. The van der Waals surface area contributed by atoms with Crippen LogP contribution in [0, 0.1) is 0 Å². The first-order valence-electron chi connectivity index (χ1n) is 5.91. The van der Waals surface area contributed by atoms with Crippen molar-refractivity contribution in [3.63, 3.8) is 0 Å². The highest BCUT2D eigenvalue weighted by atomic mass is 16.5. The minimum absolute atomic E-state index is 0.0229. The third-order valence-corrected chi connectivity index (χ3v) is 3.29. The van der Waals surface area contributed by atoms with Crippen molar-refractivity contribution in [2.24, 2.45) is 0 Å². The molecule has 0 bridgehead atoms. The maximum Gasteiger partial charge on any atom is 0.261 e. The van der Waals surface area contributed by atoms with Crippen LogP contribution in [0.3, 0.4) is 0 Å². The van der Waals surface area contributed by atoms with Gasteiger partial charge in [0, 0.05) is 12.6 Å². The van der Waals surface area contributed by atoms with Gasteiger partial charge in [-0.3, -0.25) is 9.78 Å². The van der Waals surface area contributed by atoms with Gasteiger partial charge in [-0.05, 0) is 6.07 Å². The lowest BCUT2D eigenvalue weighted by atomic mass is 10.2. The van der Waals surface area contributed by atoms with E-state index in [2.05, 4.69) is 9.97 Å². The Kier molecular flexibility index (Phi) is 2.77. The second-order valence-corrected chi connectivity index (χ2v) is 4.53. The first-order valence-corrected chi connectivity index (χ1v) is 5.91. The molecule has 1 aliphatic heterocycles. The van der Waals surface area contributed by atoms with Crippen LogP contribution in [0.15, 0.2) is 17.1 Å². The summed E-state index contributed by atoms with van der Waals surface area (Å²) in [5, 5.41) is 19.2. The van der Waals surface area contributed by atoms with Gasteiger partial charge in [0.25, 0.3) is 5.56 Å². The molecule has 8 nitrogen and oxygen atoms in total. The fourth-order valence-electron chi connectivity index (χ4n) is 2.34. The quantitative estimate of drug-likeness (QED) is 0.549. The summed E-state index contributed by atoms with van der Waals surface area (Å²) in [5.74, 6) is 0.0229. The molecule has 2 aromatic heterocycles. The molecule has 0 spiro atoms. The van der Waals surface area contributed by atoms with Crippen LogP contribution in [0.1, 0.15) is 12.6 Å². The van der Waals surface area contributed by atoms with Crippen molar-refractivity contribution in [1.82, 2.24) is 14.5 Å². The van der Waals surface area contributed by atoms with Gasteiger partial charge in [0.2, 0.25) is 5.95 Å². The average molecular weight is 266 g/mol.